The fourth-order valence-electron chi connectivity index (χ4n) is 3.12. The summed E-state index contributed by atoms with van der Waals surface area (Å²) in [5, 5.41) is 12.3. The Morgan fingerprint density at radius 3 is 2.84 bits per heavy atom. The van der Waals surface area contributed by atoms with Gasteiger partial charge in [0.1, 0.15) is 0 Å². The zero-order valence-corrected chi connectivity index (χ0v) is 13.6. The highest BCUT2D eigenvalue weighted by Crippen LogP contribution is 2.28. The van der Waals surface area contributed by atoms with E-state index in [0.29, 0.717) is 61.5 Å². The van der Waals surface area contributed by atoms with Crippen LogP contribution < -0.4 is 16.0 Å². The molecule has 0 radical (unpaired) electrons. The van der Waals surface area contributed by atoms with Gasteiger partial charge in [0.25, 0.3) is 6.01 Å². The zero-order valence-electron chi connectivity index (χ0n) is 13.6. The lowest BCUT2D eigenvalue weighted by Gasteiger charge is -2.24. The number of morpholine rings is 1. The highest BCUT2D eigenvalue weighted by Gasteiger charge is 2.27. The van der Waals surface area contributed by atoms with E-state index in [1.54, 1.807) is 6.07 Å². The first-order valence-electron chi connectivity index (χ1n) is 8.24. The maximum absolute atomic E-state index is 11.0. The van der Waals surface area contributed by atoms with Crippen LogP contribution in [-0.4, -0.2) is 71.5 Å². The molecule has 4 heterocycles. The number of aromatic nitrogens is 2. The molecule has 10 nitrogen and oxygen atoms in total. The van der Waals surface area contributed by atoms with Gasteiger partial charge < -0.3 is 35.1 Å². The Labute approximate surface area is 143 Å². The first kappa shape index (κ1) is 15.8. The Bertz CT molecular complexity index is 788. The molecule has 10 heteroatoms. The SMILES string of the molecule is Nc1cc2oc(N3CCOCC3)nc2nc1N[C@H]1CCN(C(=O)O)C1. The van der Waals surface area contributed by atoms with E-state index in [9.17, 15) is 4.79 Å². The maximum atomic E-state index is 11.0. The Hall–Kier alpha value is -2.75. The van der Waals surface area contributed by atoms with E-state index < -0.39 is 6.09 Å². The molecule has 1 amide bonds. The molecule has 2 saturated heterocycles. The van der Waals surface area contributed by atoms with Crippen LogP contribution in [0, 0.1) is 0 Å². The lowest BCUT2D eigenvalue weighted by atomic mass is 10.2. The van der Waals surface area contributed by atoms with Crippen LogP contribution in [0.4, 0.5) is 22.3 Å². The molecule has 0 bridgehead atoms. The van der Waals surface area contributed by atoms with E-state index >= 15 is 0 Å². The van der Waals surface area contributed by atoms with Crippen molar-refractivity contribution in [2.75, 3.05) is 55.3 Å². The van der Waals surface area contributed by atoms with Gasteiger partial charge in [-0.2, -0.15) is 4.98 Å². The van der Waals surface area contributed by atoms with Crippen molar-refractivity contribution < 1.29 is 19.1 Å². The number of hydrogen-bond acceptors (Lipinski definition) is 8. The Kier molecular flexibility index (Phi) is 3.96. The molecule has 4 N–H and O–H groups in total. The number of nitrogens with zero attached hydrogens (tertiary/aromatic N) is 4. The lowest BCUT2D eigenvalue weighted by Crippen LogP contribution is -2.36. The number of oxazole rings is 1. The zero-order chi connectivity index (χ0) is 17.4. The van der Waals surface area contributed by atoms with Crippen LogP contribution >= 0.6 is 0 Å². The summed E-state index contributed by atoms with van der Waals surface area (Å²) in [4.78, 5) is 23.3. The maximum Gasteiger partial charge on any atom is 0.407 e. The smallest absolute Gasteiger partial charge is 0.407 e. The highest BCUT2D eigenvalue weighted by atomic mass is 16.5. The number of rotatable bonds is 3. The number of carboxylic acid groups (broad SMARTS) is 1. The van der Waals surface area contributed by atoms with E-state index in [4.69, 9.17) is 20.0 Å². The van der Waals surface area contributed by atoms with Crippen molar-refractivity contribution in [2.24, 2.45) is 0 Å². The van der Waals surface area contributed by atoms with Crippen molar-refractivity contribution in [3.05, 3.63) is 6.07 Å². The van der Waals surface area contributed by atoms with Gasteiger partial charge >= 0.3 is 6.09 Å². The van der Waals surface area contributed by atoms with Crippen molar-refractivity contribution in [2.45, 2.75) is 12.5 Å². The topological polar surface area (TPSA) is 130 Å². The third-order valence-electron chi connectivity index (χ3n) is 4.48. The lowest BCUT2D eigenvalue weighted by molar-refractivity contribution is 0.120. The minimum absolute atomic E-state index is 0.0195. The summed E-state index contributed by atoms with van der Waals surface area (Å²) in [6, 6.07) is 2.19. The average Bonchev–Trinajstić information content (AvgIpc) is 3.23. The van der Waals surface area contributed by atoms with Crippen LogP contribution in [0.5, 0.6) is 0 Å². The second kappa shape index (κ2) is 6.28. The molecule has 134 valence electrons. The standard InChI is InChI=1S/C15H20N6O4/c16-10-7-11-13(19-14(25-11)20-3-5-24-6-4-20)18-12(10)17-9-1-2-21(8-9)15(22)23/h7,9H,1-6,8,16H2,(H,17,18)(H,22,23)/t9-/m0/s1. The van der Waals surface area contributed by atoms with Gasteiger partial charge in [-0.25, -0.2) is 9.78 Å². The van der Waals surface area contributed by atoms with Crippen LogP contribution in [0.25, 0.3) is 11.2 Å². The molecule has 0 unspecified atom stereocenters. The Morgan fingerprint density at radius 2 is 2.12 bits per heavy atom. The van der Waals surface area contributed by atoms with Gasteiger partial charge in [0.15, 0.2) is 11.4 Å². The van der Waals surface area contributed by atoms with Crippen molar-refractivity contribution in [3.63, 3.8) is 0 Å². The van der Waals surface area contributed by atoms with Crippen LogP contribution in [-0.2, 0) is 4.74 Å². The number of ether oxygens (including phenoxy) is 1. The number of nitrogens with two attached hydrogens (primary N) is 1. The molecule has 0 aliphatic carbocycles. The van der Waals surface area contributed by atoms with Crippen LogP contribution in [0.2, 0.25) is 0 Å². The van der Waals surface area contributed by atoms with E-state index in [0.717, 1.165) is 13.1 Å². The fraction of sp³-hybridized carbons (Fsp3) is 0.533. The van der Waals surface area contributed by atoms with Gasteiger partial charge in [0.05, 0.1) is 18.9 Å². The number of nitrogen functional groups attached to an aromatic ring is 1. The predicted molar refractivity (Wildman–Crippen MR) is 90.9 cm³/mol. The fourth-order valence-corrected chi connectivity index (χ4v) is 3.12. The predicted octanol–water partition coefficient (Wildman–Crippen LogP) is 0.806. The van der Waals surface area contributed by atoms with Crippen molar-refractivity contribution in [1.29, 1.82) is 0 Å². The minimum Gasteiger partial charge on any atom is -0.465 e. The number of nitrogens with one attached hydrogen (secondary N) is 1. The molecule has 2 aliphatic heterocycles. The summed E-state index contributed by atoms with van der Waals surface area (Å²) in [6.07, 6.45) is -0.198. The summed E-state index contributed by atoms with van der Waals surface area (Å²) in [7, 11) is 0. The summed E-state index contributed by atoms with van der Waals surface area (Å²) >= 11 is 0. The van der Waals surface area contributed by atoms with Crippen molar-refractivity contribution in [1.82, 2.24) is 14.9 Å². The first-order chi connectivity index (χ1) is 12.1. The molecule has 0 spiro atoms. The number of likely N-dealkylation sites (tertiary alicyclic amines) is 1. The van der Waals surface area contributed by atoms with Gasteiger partial charge in [0, 0.05) is 38.3 Å². The van der Waals surface area contributed by atoms with Crippen LogP contribution in [0.15, 0.2) is 10.5 Å². The van der Waals surface area contributed by atoms with Gasteiger partial charge in [-0.3, -0.25) is 0 Å². The van der Waals surface area contributed by atoms with Gasteiger partial charge in [-0.15, -0.1) is 0 Å². The summed E-state index contributed by atoms with van der Waals surface area (Å²) in [5.41, 5.74) is 7.53. The van der Waals surface area contributed by atoms with E-state index in [1.165, 1.54) is 4.90 Å². The summed E-state index contributed by atoms with van der Waals surface area (Å²) in [6.45, 7) is 3.64. The molecule has 2 fully saturated rings. The van der Waals surface area contributed by atoms with Crippen LogP contribution in [0.1, 0.15) is 6.42 Å². The van der Waals surface area contributed by atoms with Gasteiger partial charge in [0.2, 0.25) is 5.65 Å². The van der Waals surface area contributed by atoms with Gasteiger partial charge in [-0.05, 0) is 6.42 Å². The third-order valence-corrected chi connectivity index (χ3v) is 4.48. The van der Waals surface area contributed by atoms with E-state index in [-0.39, 0.29) is 6.04 Å². The summed E-state index contributed by atoms with van der Waals surface area (Å²) < 4.78 is 11.1. The number of carbonyl (C=O) groups is 1. The highest BCUT2D eigenvalue weighted by molar-refractivity contribution is 5.80. The average molecular weight is 348 g/mol. The molecule has 4 rings (SSSR count). The van der Waals surface area contributed by atoms with E-state index in [1.807, 2.05) is 4.90 Å². The number of anilines is 3. The monoisotopic (exact) mass is 348 g/mol. The van der Waals surface area contributed by atoms with Crippen LogP contribution in [0.3, 0.4) is 0 Å². The number of fused-ring (bicyclic) bond motifs is 1. The van der Waals surface area contributed by atoms with Crippen molar-refractivity contribution in [3.8, 4) is 0 Å². The molecule has 2 aromatic rings. The largest absolute Gasteiger partial charge is 0.465 e. The minimum atomic E-state index is -0.910. The second-order valence-electron chi connectivity index (χ2n) is 6.20. The number of pyridine rings is 1. The Balaban J connectivity index is 1.53. The molecule has 2 aromatic heterocycles. The van der Waals surface area contributed by atoms with Gasteiger partial charge in [-0.1, -0.05) is 0 Å². The Morgan fingerprint density at radius 1 is 1.32 bits per heavy atom. The molecule has 25 heavy (non-hydrogen) atoms. The second-order valence-corrected chi connectivity index (χ2v) is 6.20. The normalized spacial score (nSPS) is 21.0. The molecule has 2 aliphatic rings. The number of amides is 1. The summed E-state index contributed by atoms with van der Waals surface area (Å²) in [5.74, 6) is 0.506. The number of hydrogen-bond donors (Lipinski definition) is 3. The quantitative estimate of drug-likeness (QED) is 0.737. The molecule has 1 atom stereocenters. The third kappa shape index (κ3) is 3.12. The molecular formula is C15H20N6O4. The molecule has 0 aromatic carbocycles. The van der Waals surface area contributed by atoms with E-state index in [2.05, 4.69) is 15.3 Å². The molecule has 0 saturated carbocycles. The molecular weight excluding hydrogens is 328 g/mol. The van der Waals surface area contributed by atoms with Crippen molar-refractivity contribution >= 4 is 34.8 Å². The first-order valence-corrected chi connectivity index (χ1v) is 8.24.